The second-order valence-electron chi connectivity index (χ2n) is 5.22. The zero-order valence-corrected chi connectivity index (χ0v) is 11.6. The number of nitrogens with two attached hydrogens (primary N) is 1. The fourth-order valence-electron chi connectivity index (χ4n) is 2.96. The molecule has 0 unspecified atom stereocenters. The second kappa shape index (κ2) is 4.55. The van der Waals surface area contributed by atoms with Gasteiger partial charge in [0.2, 0.25) is 0 Å². The standard InChI is InChI=1S/C13H11N5O5/c1-15-13(4-19)10-9(21-12(20)22-10)8(23-13)6-2-3-7-11(14)16-5-17-18(6)7/h2-3,5,8-10,19H,4H2,(H2,14,16,17)/t8-,9-,10-,13+/m0/s1. The Morgan fingerprint density at radius 2 is 2.30 bits per heavy atom. The molecule has 3 N–H and O–H groups in total. The van der Waals surface area contributed by atoms with Gasteiger partial charge < -0.3 is 20.3 Å². The Balaban J connectivity index is 1.84. The molecule has 0 saturated carbocycles. The second-order valence-corrected chi connectivity index (χ2v) is 5.22. The Bertz CT molecular complexity index is 845. The van der Waals surface area contributed by atoms with Crippen LogP contribution >= 0.6 is 0 Å². The molecule has 4 atom stereocenters. The maximum absolute atomic E-state index is 11.5. The minimum absolute atomic E-state index is 0.277. The van der Waals surface area contributed by atoms with E-state index in [4.69, 9.17) is 26.5 Å². The number of fused-ring (bicyclic) bond motifs is 2. The van der Waals surface area contributed by atoms with Crippen molar-refractivity contribution in [3.05, 3.63) is 35.6 Å². The molecule has 2 aromatic rings. The van der Waals surface area contributed by atoms with Crippen molar-refractivity contribution in [2.75, 3.05) is 12.3 Å². The Kier molecular flexibility index (Phi) is 2.72. The topological polar surface area (TPSA) is 126 Å². The summed E-state index contributed by atoms with van der Waals surface area (Å²) in [6.07, 6.45) is -2.33. The number of hydrogen-bond donors (Lipinski definition) is 2. The number of nitrogens with zero attached hydrogens (tertiary/aromatic N) is 4. The number of carbonyl (C=O) groups excluding carboxylic acids is 1. The maximum Gasteiger partial charge on any atom is 0.509 e. The number of rotatable bonds is 2. The van der Waals surface area contributed by atoms with Gasteiger partial charge in [-0.1, -0.05) is 0 Å². The molecule has 0 amide bonds. The van der Waals surface area contributed by atoms with Crippen LogP contribution in [0, 0.1) is 6.57 Å². The van der Waals surface area contributed by atoms with Crippen molar-refractivity contribution >= 4 is 17.5 Å². The van der Waals surface area contributed by atoms with Crippen molar-refractivity contribution in [3.63, 3.8) is 0 Å². The lowest BCUT2D eigenvalue weighted by atomic mass is 10.0. The molecule has 0 aliphatic carbocycles. The third kappa shape index (κ3) is 1.71. The van der Waals surface area contributed by atoms with E-state index in [9.17, 15) is 9.90 Å². The summed E-state index contributed by atoms with van der Waals surface area (Å²) in [4.78, 5) is 18.7. The molecule has 0 spiro atoms. The normalized spacial score (nSPS) is 32.3. The lowest BCUT2D eigenvalue weighted by Gasteiger charge is -2.17. The summed E-state index contributed by atoms with van der Waals surface area (Å²) in [5.74, 6) is 0.277. The number of carbonyl (C=O) groups is 1. The van der Waals surface area contributed by atoms with Gasteiger partial charge in [0.15, 0.2) is 18.5 Å². The van der Waals surface area contributed by atoms with Gasteiger partial charge in [0.25, 0.3) is 6.10 Å². The molecule has 23 heavy (non-hydrogen) atoms. The highest BCUT2D eigenvalue weighted by Gasteiger charge is 2.69. The molecule has 0 aromatic carbocycles. The number of aliphatic hydroxyl groups is 1. The Labute approximate surface area is 129 Å². The van der Waals surface area contributed by atoms with Gasteiger partial charge in [0.05, 0.1) is 5.69 Å². The Morgan fingerprint density at radius 1 is 1.48 bits per heavy atom. The van der Waals surface area contributed by atoms with Crippen LogP contribution in [0.25, 0.3) is 10.4 Å². The van der Waals surface area contributed by atoms with Gasteiger partial charge >= 0.3 is 11.9 Å². The summed E-state index contributed by atoms with van der Waals surface area (Å²) in [5.41, 5.74) is 5.16. The highest BCUT2D eigenvalue weighted by molar-refractivity contribution is 5.66. The average molecular weight is 317 g/mol. The summed E-state index contributed by atoms with van der Waals surface area (Å²) in [5, 5.41) is 13.7. The molecule has 2 aliphatic heterocycles. The number of anilines is 1. The first-order valence-electron chi connectivity index (χ1n) is 6.72. The summed E-state index contributed by atoms with van der Waals surface area (Å²) in [7, 11) is 0. The summed E-state index contributed by atoms with van der Waals surface area (Å²) in [6.45, 7) is 6.68. The lowest BCUT2D eigenvalue weighted by Crippen LogP contribution is -2.42. The van der Waals surface area contributed by atoms with Crippen LogP contribution in [0.1, 0.15) is 11.8 Å². The summed E-state index contributed by atoms with van der Waals surface area (Å²) < 4.78 is 17.4. The molecule has 2 aromatic heterocycles. The average Bonchev–Trinajstić information content (AvgIpc) is 3.20. The SMILES string of the molecule is [C-]#[N+][C@]1(CO)O[C@@H](c2ccc3c(N)ncnn23)[C@@H]2OC(=O)O[C@@H]21. The number of aliphatic hydroxyl groups excluding tert-OH is 1. The van der Waals surface area contributed by atoms with Crippen molar-refractivity contribution in [1.82, 2.24) is 14.6 Å². The predicted octanol–water partition coefficient (Wildman–Crippen LogP) is -0.105. The van der Waals surface area contributed by atoms with E-state index in [0.717, 1.165) is 0 Å². The molecule has 2 saturated heterocycles. The van der Waals surface area contributed by atoms with Crippen LogP contribution in [0.5, 0.6) is 0 Å². The molecule has 0 bridgehead atoms. The fraction of sp³-hybridized carbons (Fsp3) is 0.385. The lowest BCUT2D eigenvalue weighted by molar-refractivity contribution is -0.0930. The van der Waals surface area contributed by atoms with Crippen LogP contribution in [0.15, 0.2) is 18.5 Å². The minimum atomic E-state index is -1.70. The number of ether oxygens (including phenoxy) is 3. The van der Waals surface area contributed by atoms with Gasteiger partial charge in [-0.15, -0.1) is 0 Å². The number of hydrogen-bond acceptors (Lipinski definition) is 8. The first kappa shape index (κ1) is 13.7. The van der Waals surface area contributed by atoms with Crippen LogP contribution in [-0.2, 0) is 14.2 Å². The van der Waals surface area contributed by atoms with Gasteiger partial charge in [-0.3, -0.25) is 9.58 Å². The largest absolute Gasteiger partial charge is 0.509 e. The van der Waals surface area contributed by atoms with E-state index in [1.54, 1.807) is 12.1 Å². The van der Waals surface area contributed by atoms with Crippen LogP contribution < -0.4 is 5.73 Å². The van der Waals surface area contributed by atoms with Crippen molar-refractivity contribution in [2.45, 2.75) is 24.0 Å². The molecule has 4 rings (SSSR count). The molecule has 10 nitrogen and oxygen atoms in total. The quantitative estimate of drug-likeness (QED) is 0.580. The summed E-state index contributed by atoms with van der Waals surface area (Å²) in [6, 6.07) is 3.38. The predicted molar refractivity (Wildman–Crippen MR) is 72.8 cm³/mol. The van der Waals surface area contributed by atoms with Gasteiger partial charge in [-0.2, -0.15) is 5.10 Å². The minimum Gasteiger partial charge on any atom is -0.423 e. The number of nitrogen functional groups attached to an aromatic ring is 1. The molecule has 2 aliphatic rings. The fourth-order valence-corrected chi connectivity index (χ4v) is 2.96. The van der Waals surface area contributed by atoms with Gasteiger partial charge in [-0.05, 0) is 12.1 Å². The molecule has 10 heteroatoms. The third-order valence-corrected chi connectivity index (χ3v) is 4.05. The molecular formula is C13H11N5O5. The molecule has 0 radical (unpaired) electrons. The van der Waals surface area contributed by atoms with E-state index < -0.39 is 36.8 Å². The smallest absolute Gasteiger partial charge is 0.423 e. The van der Waals surface area contributed by atoms with E-state index in [-0.39, 0.29) is 5.82 Å². The first-order valence-corrected chi connectivity index (χ1v) is 6.72. The van der Waals surface area contributed by atoms with E-state index >= 15 is 0 Å². The Hall–Kier alpha value is -2.90. The Morgan fingerprint density at radius 3 is 3.04 bits per heavy atom. The zero-order chi connectivity index (χ0) is 16.2. The van der Waals surface area contributed by atoms with Gasteiger partial charge in [0.1, 0.15) is 17.9 Å². The molecular weight excluding hydrogens is 306 g/mol. The highest BCUT2D eigenvalue weighted by Crippen LogP contribution is 2.47. The van der Waals surface area contributed by atoms with Gasteiger partial charge in [0, 0.05) is 0 Å². The maximum atomic E-state index is 11.5. The first-order chi connectivity index (χ1) is 11.1. The highest BCUT2D eigenvalue weighted by atomic mass is 16.8. The van der Waals surface area contributed by atoms with E-state index in [2.05, 4.69) is 14.9 Å². The molecule has 2 fully saturated rings. The van der Waals surface area contributed by atoms with Crippen LogP contribution in [-0.4, -0.2) is 50.4 Å². The van der Waals surface area contributed by atoms with Crippen molar-refractivity contribution in [3.8, 4) is 0 Å². The van der Waals surface area contributed by atoms with Crippen LogP contribution in [0.3, 0.4) is 0 Å². The number of aromatic nitrogens is 3. The molecule has 4 heterocycles. The monoisotopic (exact) mass is 317 g/mol. The van der Waals surface area contributed by atoms with E-state index in [0.29, 0.717) is 11.2 Å². The third-order valence-electron chi connectivity index (χ3n) is 4.05. The van der Waals surface area contributed by atoms with E-state index in [1.807, 2.05) is 0 Å². The van der Waals surface area contributed by atoms with Crippen LogP contribution in [0.2, 0.25) is 0 Å². The van der Waals surface area contributed by atoms with Crippen molar-refractivity contribution < 1.29 is 24.1 Å². The molecule has 118 valence electrons. The van der Waals surface area contributed by atoms with Crippen LogP contribution in [0.4, 0.5) is 10.6 Å². The van der Waals surface area contributed by atoms with Gasteiger partial charge in [-0.25, -0.2) is 20.9 Å². The van der Waals surface area contributed by atoms with E-state index in [1.165, 1.54) is 10.8 Å². The van der Waals surface area contributed by atoms with Crippen molar-refractivity contribution in [1.29, 1.82) is 0 Å². The van der Waals surface area contributed by atoms with Crippen molar-refractivity contribution in [2.24, 2.45) is 0 Å². The zero-order valence-electron chi connectivity index (χ0n) is 11.6. The summed E-state index contributed by atoms with van der Waals surface area (Å²) >= 11 is 0.